The summed E-state index contributed by atoms with van der Waals surface area (Å²) in [6, 6.07) is 86.7. The topological polar surface area (TPSA) is 10.9 Å². The zero-order valence-electron chi connectivity index (χ0n) is 47.2. The monoisotopic (exact) mass is 1050 g/mol. The van der Waals surface area contributed by atoms with Crippen LogP contribution in [-0.4, -0.2) is 4.40 Å². The molecule has 0 spiro atoms. The van der Waals surface area contributed by atoms with Crippen LogP contribution in [0, 0.1) is 0 Å². The van der Waals surface area contributed by atoms with Gasteiger partial charge in [0.25, 0.3) is 0 Å². The van der Waals surface area contributed by atoms with Crippen LogP contribution in [0.2, 0.25) is 0 Å². The van der Waals surface area contributed by atoms with Gasteiger partial charge in [0.15, 0.2) is 0 Å². The first kappa shape index (κ1) is 49.6. The molecule has 0 unspecified atom stereocenters. The van der Waals surface area contributed by atoms with Crippen LogP contribution in [0.15, 0.2) is 231 Å². The molecule has 3 heterocycles. The number of nitrogens with zero attached hydrogens (tertiary/aromatic N) is 3. The minimum Gasteiger partial charge on any atom is -0.310 e. The van der Waals surface area contributed by atoms with Crippen LogP contribution in [0.4, 0.5) is 34.1 Å². The van der Waals surface area contributed by atoms with Gasteiger partial charge in [-0.25, -0.2) is 0 Å². The van der Waals surface area contributed by atoms with Crippen molar-refractivity contribution in [3.63, 3.8) is 0 Å². The summed E-state index contributed by atoms with van der Waals surface area (Å²) in [6.07, 6.45) is 0. The van der Waals surface area contributed by atoms with E-state index in [-0.39, 0.29) is 16.2 Å². The molecule has 0 aliphatic heterocycles. The maximum absolute atomic E-state index is 2.61. The summed E-state index contributed by atoms with van der Waals surface area (Å²) in [5.41, 5.74) is 19.2. The first-order valence-corrected chi connectivity index (χ1v) is 29.0. The van der Waals surface area contributed by atoms with Crippen LogP contribution >= 0.6 is 11.3 Å². The maximum Gasteiger partial charge on any atom is 0.0620 e. The van der Waals surface area contributed by atoms with Gasteiger partial charge in [0.05, 0.1) is 16.6 Å². The summed E-state index contributed by atoms with van der Waals surface area (Å²) in [5, 5.41) is 10.2. The average molecular weight is 1050 g/mol. The zero-order chi connectivity index (χ0) is 54.8. The molecule has 0 saturated carbocycles. The van der Waals surface area contributed by atoms with E-state index in [0.717, 1.165) is 34.1 Å². The Morgan fingerprint density at radius 2 is 0.725 bits per heavy atom. The highest BCUT2D eigenvalue weighted by atomic mass is 32.1. The fraction of sp³-hybridized carbons (Fsp3) is 0.158. The second kappa shape index (κ2) is 18.4. The Morgan fingerprint density at radius 1 is 0.287 bits per heavy atom. The fourth-order valence-corrected chi connectivity index (χ4v) is 13.5. The lowest BCUT2D eigenvalue weighted by Crippen LogP contribution is -2.14. The van der Waals surface area contributed by atoms with E-state index < -0.39 is 0 Å². The summed E-state index contributed by atoms with van der Waals surface area (Å²) in [5.74, 6) is 0. The van der Waals surface area contributed by atoms with E-state index in [1.54, 1.807) is 0 Å². The van der Waals surface area contributed by atoms with E-state index in [9.17, 15) is 0 Å². The summed E-state index contributed by atoms with van der Waals surface area (Å²) < 4.78 is 5.17. The van der Waals surface area contributed by atoms with Crippen molar-refractivity contribution in [3.05, 3.63) is 247 Å². The lowest BCUT2D eigenvalue weighted by Gasteiger charge is -2.28. The minimum atomic E-state index is -0.0466. The molecule has 0 bridgehead atoms. The number of aromatic nitrogens is 1. The van der Waals surface area contributed by atoms with E-state index in [0.29, 0.717) is 0 Å². The molecule has 0 aliphatic rings. The predicted molar refractivity (Wildman–Crippen MR) is 348 cm³/mol. The largest absolute Gasteiger partial charge is 0.310 e. The van der Waals surface area contributed by atoms with Crippen LogP contribution in [0.25, 0.3) is 91.3 Å². The van der Waals surface area contributed by atoms with Crippen LogP contribution in [-0.2, 0) is 16.2 Å². The van der Waals surface area contributed by atoms with Gasteiger partial charge in [-0.05, 0) is 158 Å². The molecule has 0 N–H and O–H groups in total. The number of anilines is 6. The highest BCUT2D eigenvalue weighted by Crippen LogP contribution is 2.49. The molecule has 0 fully saturated rings. The van der Waals surface area contributed by atoms with Crippen molar-refractivity contribution in [1.82, 2.24) is 4.40 Å². The van der Waals surface area contributed by atoms with Crippen LogP contribution < -0.4 is 9.80 Å². The predicted octanol–water partition coefficient (Wildman–Crippen LogP) is 22.5. The standard InChI is InChI=1S/C76H65N3S/c1-74(2,3)53-26-18-30-58(41-53)77(56-28-16-24-50(38-56)48-20-12-10-13-21-48)60-33-36-62-67-43-55(76(7,8)9)44-68-64-35-32-52-40-66-63-37-34-61(46-70(63)80-71(66)47-65(52)72(64)79(73(67)68)69(62)45-60)78(59-31-19-27-54(42-59)75(4,5)6)57-29-17-25-51(39-57)49-22-14-11-15-23-49/h10-47H,1-9H3. The van der Waals surface area contributed by atoms with Crippen molar-refractivity contribution in [3.8, 4) is 22.3 Å². The van der Waals surface area contributed by atoms with E-state index in [1.165, 1.54) is 108 Å². The lowest BCUT2D eigenvalue weighted by atomic mass is 9.85. The van der Waals surface area contributed by atoms with Crippen LogP contribution in [0.5, 0.6) is 0 Å². The first-order valence-electron chi connectivity index (χ1n) is 28.2. The van der Waals surface area contributed by atoms with Gasteiger partial charge in [-0.3, -0.25) is 0 Å². The fourth-order valence-electron chi connectivity index (χ4n) is 12.3. The Bertz CT molecular complexity index is 4710. The molecule has 0 atom stereocenters. The Hall–Kier alpha value is -8.70. The highest BCUT2D eigenvalue weighted by molar-refractivity contribution is 7.26. The molecular formula is C76H65N3S. The summed E-state index contributed by atoms with van der Waals surface area (Å²) in [4.78, 5) is 4.90. The normalized spacial score (nSPS) is 12.6. The molecule has 3 nitrogen and oxygen atoms in total. The van der Waals surface area contributed by atoms with Gasteiger partial charge in [-0.2, -0.15) is 0 Å². The van der Waals surface area contributed by atoms with Crippen molar-refractivity contribution >= 4 is 115 Å². The number of fused-ring (bicyclic) bond motifs is 11. The molecule has 390 valence electrons. The van der Waals surface area contributed by atoms with Crippen molar-refractivity contribution in [2.45, 2.75) is 78.6 Å². The Kier molecular flexibility index (Phi) is 11.4. The highest BCUT2D eigenvalue weighted by Gasteiger charge is 2.27. The molecule has 0 aliphatic carbocycles. The SMILES string of the molecule is CC(C)(C)c1cccc(N(c2cccc(-c3ccccc3)c2)c2ccc3c(c2)sc2cc4c(ccc5c6cc(C(C)(C)C)cc7c8ccc(N(c9cccc(-c%10ccccc%10)c9)c9cccc(C(C)(C)C)c9)cc8n(c45)c76)cc23)c1. The van der Waals surface area contributed by atoms with E-state index in [2.05, 4.69) is 307 Å². The van der Waals surface area contributed by atoms with Crippen molar-refractivity contribution < 1.29 is 0 Å². The van der Waals surface area contributed by atoms with Gasteiger partial charge in [-0.15, -0.1) is 11.3 Å². The molecular weight excluding hydrogens is 987 g/mol. The Morgan fingerprint density at radius 3 is 1.27 bits per heavy atom. The molecule has 0 amide bonds. The van der Waals surface area contributed by atoms with Crippen molar-refractivity contribution in [2.24, 2.45) is 0 Å². The summed E-state index contributed by atoms with van der Waals surface area (Å²) in [7, 11) is 0. The zero-order valence-corrected chi connectivity index (χ0v) is 48.0. The van der Waals surface area contributed by atoms with Crippen molar-refractivity contribution in [1.29, 1.82) is 0 Å². The number of thiophene rings is 1. The number of hydrogen-bond donors (Lipinski definition) is 0. The smallest absolute Gasteiger partial charge is 0.0620 e. The first-order chi connectivity index (χ1) is 38.5. The quantitative estimate of drug-likeness (QED) is 0.150. The maximum atomic E-state index is 2.61. The van der Waals surface area contributed by atoms with Gasteiger partial charge in [0.1, 0.15) is 0 Å². The summed E-state index contributed by atoms with van der Waals surface area (Å²) in [6.45, 7) is 20.8. The number of benzene rings is 11. The molecule has 3 aromatic heterocycles. The third-order valence-electron chi connectivity index (χ3n) is 16.7. The van der Waals surface area contributed by atoms with Crippen molar-refractivity contribution in [2.75, 3.05) is 9.80 Å². The molecule has 14 rings (SSSR count). The molecule has 4 heteroatoms. The summed E-state index contributed by atoms with van der Waals surface area (Å²) >= 11 is 1.90. The number of hydrogen-bond acceptors (Lipinski definition) is 3. The average Bonchev–Trinajstić information content (AvgIpc) is 4.30. The van der Waals surface area contributed by atoms with Crippen LogP contribution in [0.1, 0.15) is 79.0 Å². The molecule has 0 radical (unpaired) electrons. The lowest BCUT2D eigenvalue weighted by molar-refractivity contribution is 0.590. The van der Waals surface area contributed by atoms with Gasteiger partial charge in [-0.1, -0.05) is 196 Å². The molecule has 0 saturated heterocycles. The van der Waals surface area contributed by atoms with Gasteiger partial charge in [0, 0.05) is 81.2 Å². The Labute approximate surface area is 474 Å². The third kappa shape index (κ3) is 8.39. The molecule has 80 heavy (non-hydrogen) atoms. The second-order valence-electron chi connectivity index (χ2n) is 25.1. The van der Waals surface area contributed by atoms with E-state index >= 15 is 0 Å². The molecule has 11 aromatic carbocycles. The van der Waals surface area contributed by atoms with Gasteiger partial charge >= 0.3 is 0 Å². The molecule has 14 aromatic rings. The van der Waals surface area contributed by atoms with Gasteiger partial charge in [0.2, 0.25) is 0 Å². The van der Waals surface area contributed by atoms with Gasteiger partial charge < -0.3 is 14.2 Å². The van der Waals surface area contributed by atoms with E-state index in [4.69, 9.17) is 0 Å². The van der Waals surface area contributed by atoms with E-state index in [1.807, 2.05) is 11.3 Å². The number of rotatable bonds is 8. The minimum absolute atomic E-state index is 0.00319. The Balaban J connectivity index is 0.983. The second-order valence-corrected chi connectivity index (χ2v) is 26.2. The van der Waals surface area contributed by atoms with Crippen LogP contribution in [0.3, 0.4) is 0 Å². The third-order valence-corrected chi connectivity index (χ3v) is 17.8.